The van der Waals surface area contributed by atoms with Gasteiger partial charge in [-0.25, -0.2) is 0 Å². The molecule has 8 heteroatoms. The number of rotatable bonds is 0. The number of aliphatic hydroxyl groups is 1. The summed E-state index contributed by atoms with van der Waals surface area (Å²) in [6.45, 7) is 8.80. The molecule has 1 heterocycles. The van der Waals surface area contributed by atoms with Crippen molar-refractivity contribution in [1.29, 1.82) is 0 Å². The Hall–Kier alpha value is 1.09. The van der Waals surface area contributed by atoms with Crippen LogP contribution in [-0.2, 0) is 21.7 Å². The van der Waals surface area contributed by atoms with Crippen molar-refractivity contribution in [2.45, 2.75) is 25.7 Å². The Morgan fingerprint density at radius 2 is 0.870 bits per heavy atom. The van der Waals surface area contributed by atoms with E-state index in [9.17, 15) is 0 Å². The molecule has 143 valence electrons. The predicted octanol–water partition coefficient (Wildman–Crippen LogP) is 2.05. The molecule has 0 bridgehead atoms. The average molecular weight is 410 g/mol. The maximum absolute atomic E-state index is 7.00. The minimum Gasteiger partial charge on any atom is -0.662 e. The van der Waals surface area contributed by atoms with Crippen molar-refractivity contribution in [3.63, 3.8) is 0 Å². The Kier molecular flexibility index (Phi) is 65.8. The smallest absolute Gasteiger partial charge is 0.662 e. The third-order valence-corrected chi connectivity index (χ3v) is 2.75. The summed E-state index contributed by atoms with van der Waals surface area (Å²) in [7, 11) is 1.00. The van der Waals surface area contributed by atoms with E-state index in [1.165, 1.54) is 25.7 Å². The van der Waals surface area contributed by atoms with Crippen LogP contribution in [0, 0.1) is 14.9 Å². The van der Waals surface area contributed by atoms with Crippen molar-refractivity contribution in [2.24, 2.45) is 0 Å². The van der Waals surface area contributed by atoms with Gasteiger partial charge >= 0.3 is 21.7 Å². The van der Waals surface area contributed by atoms with Gasteiger partial charge in [0.15, 0.2) is 0 Å². The molecule has 0 saturated carbocycles. The van der Waals surface area contributed by atoms with Gasteiger partial charge in [0.2, 0.25) is 0 Å². The molecule has 1 radical (unpaired) electrons. The molecule has 0 spiro atoms. The third-order valence-electron chi connectivity index (χ3n) is 2.75. The molecule has 0 unspecified atom stereocenters. The van der Waals surface area contributed by atoms with E-state index in [2.05, 4.69) is 21.3 Å². The third kappa shape index (κ3) is 35.2. The zero-order chi connectivity index (χ0) is 13.3. The molecule has 0 amide bonds. The Morgan fingerprint density at radius 1 is 0.609 bits per heavy atom. The van der Waals surface area contributed by atoms with Crippen LogP contribution in [0.3, 0.4) is 0 Å². The normalized spacial score (nSPS) is 17.0. The van der Waals surface area contributed by atoms with Gasteiger partial charge in [0.25, 0.3) is 0 Å². The molecule has 0 atom stereocenters. The summed E-state index contributed by atoms with van der Waals surface area (Å²) in [5.41, 5.74) is 0. The summed E-state index contributed by atoms with van der Waals surface area (Å²) < 4.78 is 0. The molecule has 0 aromatic heterocycles. The minimum absolute atomic E-state index is 0. The molecule has 5 nitrogen and oxygen atoms in total. The van der Waals surface area contributed by atoms with Crippen LogP contribution in [-0.4, -0.2) is 64.6 Å². The van der Waals surface area contributed by atoms with Crippen LogP contribution >= 0.6 is 24.8 Å². The molecule has 4 N–H and O–H groups in total. The second kappa shape index (κ2) is 38.6. The number of aliphatic hydroxyl groups excluding tert-OH is 1. The molecular formula is C15H39Cl2N4OTi. The van der Waals surface area contributed by atoms with Crippen molar-refractivity contribution in [3.05, 3.63) is 20.2 Å². The quantitative estimate of drug-likeness (QED) is 0.365. The van der Waals surface area contributed by atoms with E-state index in [1.54, 1.807) is 0 Å². The Bertz CT molecular complexity index is 99.4. The fourth-order valence-corrected chi connectivity index (χ4v) is 1.80. The van der Waals surface area contributed by atoms with E-state index in [1.807, 2.05) is 0 Å². The number of hydrogen-bond donors (Lipinski definition) is 4. The van der Waals surface area contributed by atoms with Crippen LogP contribution in [0.25, 0.3) is 5.32 Å². The van der Waals surface area contributed by atoms with Crippen LogP contribution in [0.1, 0.15) is 25.7 Å². The van der Waals surface area contributed by atoms with Crippen molar-refractivity contribution in [1.82, 2.24) is 16.0 Å². The fraction of sp³-hybridized carbons (Fsp3) is 0.867. The van der Waals surface area contributed by atoms with Crippen molar-refractivity contribution < 1.29 is 26.8 Å². The van der Waals surface area contributed by atoms with Crippen molar-refractivity contribution in [3.8, 4) is 0 Å². The molecular weight excluding hydrogens is 371 g/mol. The summed E-state index contributed by atoms with van der Waals surface area (Å²) in [5, 5.41) is 21.9. The van der Waals surface area contributed by atoms with Gasteiger partial charge in [-0.3, -0.25) is 0 Å². The second-order valence-corrected chi connectivity index (χ2v) is 4.34. The van der Waals surface area contributed by atoms with E-state index in [0.29, 0.717) is 0 Å². The first-order valence-electron chi connectivity index (χ1n) is 7.20. The molecule has 0 aliphatic carbocycles. The van der Waals surface area contributed by atoms with Gasteiger partial charge in [0, 0.05) is 7.11 Å². The molecule has 23 heavy (non-hydrogen) atoms. The molecule has 1 saturated heterocycles. The fourth-order valence-electron chi connectivity index (χ4n) is 1.80. The molecule has 1 aliphatic heterocycles. The van der Waals surface area contributed by atoms with Crippen LogP contribution in [0.4, 0.5) is 0 Å². The molecule has 1 aliphatic rings. The number of halogens is 2. The first-order valence-corrected chi connectivity index (χ1v) is 7.20. The Morgan fingerprint density at radius 3 is 1.17 bits per heavy atom. The van der Waals surface area contributed by atoms with Gasteiger partial charge in [-0.15, -0.1) is 37.9 Å². The van der Waals surface area contributed by atoms with E-state index < -0.39 is 0 Å². The van der Waals surface area contributed by atoms with E-state index in [4.69, 9.17) is 5.11 Å². The molecule has 0 aromatic carbocycles. The van der Waals surface area contributed by atoms with E-state index in [0.717, 1.165) is 59.5 Å². The number of nitrogens with zero attached hydrogens (tertiary/aromatic N) is 1. The minimum atomic E-state index is 0. The summed E-state index contributed by atoms with van der Waals surface area (Å²) >= 11 is 0. The van der Waals surface area contributed by atoms with Gasteiger partial charge in [-0.1, -0.05) is 12.8 Å². The summed E-state index contributed by atoms with van der Waals surface area (Å²) in [6, 6.07) is 0. The largest absolute Gasteiger partial charge is 3.00 e. The van der Waals surface area contributed by atoms with E-state index in [-0.39, 0.29) is 61.4 Å². The molecule has 1 rings (SSSR count). The molecule has 0 aromatic rings. The number of hydrogen-bond acceptors (Lipinski definition) is 4. The summed E-state index contributed by atoms with van der Waals surface area (Å²) in [4.78, 5) is 0. The standard InChI is InChI=1S/C12H27N4.CH4O.2CH3.2ClH.Ti/c1-5-13-7-2-9-15-11-4-12-16-10-3-8-14-6-1;1-2;;;;;/h13-15H,1-12H2;2H,1H3;2*1H3;2*1H;/q-1;;2*-1;;;+3. The Balaban J connectivity index is -0.0000000992. The van der Waals surface area contributed by atoms with Crippen LogP contribution in [0.5, 0.6) is 0 Å². The van der Waals surface area contributed by atoms with Gasteiger partial charge in [-0.2, -0.15) is 0 Å². The number of nitrogens with one attached hydrogen (secondary N) is 3. The zero-order valence-corrected chi connectivity index (χ0v) is 18.4. The van der Waals surface area contributed by atoms with Gasteiger partial charge in [-0.05, 0) is 52.1 Å². The van der Waals surface area contributed by atoms with Gasteiger partial charge in [0.05, 0.1) is 0 Å². The first kappa shape index (κ1) is 39.3. The zero-order valence-electron chi connectivity index (χ0n) is 15.2. The van der Waals surface area contributed by atoms with Gasteiger partial charge < -0.3 is 41.2 Å². The topological polar surface area (TPSA) is 70.4 Å². The predicted molar refractivity (Wildman–Crippen MR) is 106 cm³/mol. The van der Waals surface area contributed by atoms with Crippen LogP contribution < -0.4 is 16.0 Å². The Labute approximate surface area is 172 Å². The van der Waals surface area contributed by atoms with E-state index >= 15 is 0 Å². The maximum Gasteiger partial charge on any atom is 3.00 e. The summed E-state index contributed by atoms with van der Waals surface area (Å²) in [5.74, 6) is 0. The molecule has 1 fully saturated rings. The first-order chi connectivity index (χ1) is 9.00. The second-order valence-electron chi connectivity index (χ2n) is 4.34. The van der Waals surface area contributed by atoms with Crippen LogP contribution in [0.2, 0.25) is 0 Å². The van der Waals surface area contributed by atoms with Gasteiger partial charge in [0.1, 0.15) is 0 Å². The monoisotopic (exact) mass is 409 g/mol. The van der Waals surface area contributed by atoms with Crippen molar-refractivity contribution >= 4 is 24.8 Å². The average Bonchev–Trinajstić information content (AvgIpc) is 2.41. The van der Waals surface area contributed by atoms with Crippen LogP contribution in [0.15, 0.2) is 0 Å². The SMILES string of the molecule is C1C[N-]CCCNCCCNCCCNC1.CO.Cl.Cl.[CH3-].[CH3-].[Ti+3]. The summed E-state index contributed by atoms with van der Waals surface area (Å²) in [6.07, 6.45) is 4.82. The maximum atomic E-state index is 7.00. The van der Waals surface area contributed by atoms with Crippen molar-refractivity contribution in [2.75, 3.05) is 59.5 Å².